The number of halogens is 2. The van der Waals surface area contributed by atoms with E-state index < -0.39 is 11.6 Å². The number of aromatic nitrogens is 3. The van der Waals surface area contributed by atoms with Gasteiger partial charge in [-0.1, -0.05) is 5.21 Å². The van der Waals surface area contributed by atoms with E-state index in [1.165, 1.54) is 48.5 Å². The van der Waals surface area contributed by atoms with Crippen LogP contribution in [0.4, 0.5) is 8.78 Å². The minimum atomic E-state index is -0.489. The van der Waals surface area contributed by atoms with E-state index in [1.807, 2.05) is 6.20 Å². The van der Waals surface area contributed by atoms with E-state index in [-0.39, 0.29) is 21.8 Å². The Morgan fingerprint density at radius 2 is 1.19 bits per heavy atom. The normalized spacial score (nSPS) is 11.4. The summed E-state index contributed by atoms with van der Waals surface area (Å²) in [6.07, 6.45) is 3.33. The Morgan fingerprint density at radius 3 is 1.91 bits per heavy atom. The summed E-state index contributed by atoms with van der Waals surface area (Å²) in [7, 11) is 0. The number of hydrogen-bond acceptors (Lipinski definition) is 10. The highest BCUT2D eigenvalue weighted by atomic mass is 19.1. The molecule has 0 fully saturated rings. The molecule has 0 saturated heterocycles. The van der Waals surface area contributed by atoms with Crippen molar-refractivity contribution < 1.29 is 36.6 Å². The molecule has 0 bridgehead atoms. The van der Waals surface area contributed by atoms with Gasteiger partial charge in [0.1, 0.15) is 52.4 Å². The second-order valence-electron chi connectivity index (χ2n) is 12.3. The van der Waals surface area contributed by atoms with Crippen LogP contribution in [0, 0.1) is 11.6 Å². The van der Waals surface area contributed by atoms with Crippen molar-refractivity contribution in [3.05, 3.63) is 141 Å². The van der Waals surface area contributed by atoms with Crippen LogP contribution in [0.1, 0.15) is 12.1 Å². The van der Waals surface area contributed by atoms with Crippen molar-refractivity contribution in [2.24, 2.45) is 0 Å². The summed E-state index contributed by atoms with van der Waals surface area (Å²) in [5.74, 6) is 1.11. The number of benzene rings is 4. The Labute approximate surface area is 307 Å². The minimum absolute atomic E-state index is 0.200. The van der Waals surface area contributed by atoms with Crippen LogP contribution in [0.25, 0.3) is 44.6 Å². The number of hydrogen-bond donors (Lipinski definition) is 0. The molecule has 0 radical (unpaired) electrons. The standard InChI is InChI=1S/C41H35F2N3O8/c42-29-8-14-38-35(22-29)37(48)25-39(53-38)27-5-11-33(12-6-27)52-21-20-50-19-18-49-17-15-46-26-31(44-45-46)2-1-16-51-32-9-3-28(4-10-32)40-24-36(47)34-13-7-30(43)23-41(34)54-40/h3-14,22-26H,1-2,15-21H2. The first-order valence-electron chi connectivity index (χ1n) is 17.4. The molecule has 13 heteroatoms. The van der Waals surface area contributed by atoms with Crippen molar-refractivity contribution in [2.45, 2.75) is 19.4 Å². The molecule has 3 aromatic heterocycles. The SMILES string of the molecule is O=c1cc(-c2ccc(OCCCc3cn(CCOCCOCCOc4ccc(-c5cc(=O)c6cc(F)ccc6o5)cc4)nn3)cc2)oc2cc(F)ccc12. The van der Waals surface area contributed by atoms with Crippen molar-refractivity contribution in [3.8, 4) is 34.1 Å². The van der Waals surface area contributed by atoms with Gasteiger partial charge in [-0.05, 0) is 91.7 Å². The van der Waals surface area contributed by atoms with Crippen LogP contribution in [-0.2, 0) is 22.4 Å². The third kappa shape index (κ3) is 9.24. The Bertz CT molecular complexity index is 2460. The van der Waals surface area contributed by atoms with E-state index in [9.17, 15) is 18.4 Å². The van der Waals surface area contributed by atoms with Gasteiger partial charge in [-0.2, -0.15) is 0 Å². The van der Waals surface area contributed by atoms with Crippen LogP contribution < -0.4 is 20.3 Å². The Kier molecular flexibility index (Phi) is 11.5. The summed E-state index contributed by atoms with van der Waals surface area (Å²) in [5, 5.41) is 8.92. The third-order valence-corrected chi connectivity index (χ3v) is 8.42. The molecular formula is C41H35F2N3O8. The highest BCUT2D eigenvalue weighted by Crippen LogP contribution is 2.26. The van der Waals surface area contributed by atoms with Gasteiger partial charge in [0.05, 0.1) is 56.0 Å². The lowest BCUT2D eigenvalue weighted by Crippen LogP contribution is -2.13. The molecule has 0 aliphatic carbocycles. The molecule has 0 aliphatic heterocycles. The van der Waals surface area contributed by atoms with Gasteiger partial charge in [0.25, 0.3) is 0 Å². The van der Waals surface area contributed by atoms with E-state index in [2.05, 4.69) is 10.3 Å². The number of rotatable bonds is 17. The molecule has 4 aromatic carbocycles. The molecule has 0 aliphatic rings. The molecule has 0 spiro atoms. The molecule has 276 valence electrons. The van der Waals surface area contributed by atoms with Crippen LogP contribution >= 0.6 is 0 Å². The largest absolute Gasteiger partial charge is 0.494 e. The van der Waals surface area contributed by atoms with E-state index in [0.717, 1.165) is 12.1 Å². The lowest BCUT2D eigenvalue weighted by Gasteiger charge is -2.09. The Balaban J connectivity index is 0.739. The molecule has 54 heavy (non-hydrogen) atoms. The monoisotopic (exact) mass is 735 g/mol. The van der Waals surface area contributed by atoms with Crippen LogP contribution in [0.2, 0.25) is 0 Å². The zero-order valence-corrected chi connectivity index (χ0v) is 29.0. The second-order valence-corrected chi connectivity index (χ2v) is 12.3. The molecule has 3 heterocycles. The Hall–Kier alpha value is -6.18. The van der Waals surface area contributed by atoms with Gasteiger partial charge >= 0.3 is 0 Å². The quantitative estimate of drug-likeness (QED) is 0.0884. The minimum Gasteiger partial charge on any atom is -0.494 e. The summed E-state index contributed by atoms with van der Waals surface area (Å²) < 4.78 is 63.3. The number of fused-ring (bicyclic) bond motifs is 2. The summed E-state index contributed by atoms with van der Waals surface area (Å²) in [6, 6.07) is 24.8. The summed E-state index contributed by atoms with van der Waals surface area (Å²) in [6.45, 7) is 3.08. The predicted molar refractivity (Wildman–Crippen MR) is 197 cm³/mol. The topological polar surface area (TPSA) is 128 Å². The van der Waals surface area contributed by atoms with Gasteiger partial charge in [0.15, 0.2) is 10.9 Å². The van der Waals surface area contributed by atoms with E-state index in [0.29, 0.717) is 97.7 Å². The van der Waals surface area contributed by atoms with Gasteiger partial charge in [0.2, 0.25) is 0 Å². The zero-order chi connectivity index (χ0) is 37.3. The average Bonchev–Trinajstić information content (AvgIpc) is 3.63. The maximum absolute atomic E-state index is 13.6. The van der Waals surface area contributed by atoms with Crippen LogP contribution in [-0.4, -0.2) is 54.6 Å². The van der Waals surface area contributed by atoms with Gasteiger partial charge in [-0.15, -0.1) is 5.10 Å². The maximum Gasteiger partial charge on any atom is 0.193 e. The van der Waals surface area contributed by atoms with Crippen molar-refractivity contribution in [2.75, 3.05) is 39.6 Å². The van der Waals surface area contributed by atoms with Gasteiger partial charge < -0.3 is 27.8 Å². The summed E-state index contributed by atoms with van der Waals surface area (Å²) >= 11 is 0. The molecule has 7 rings (SSSR count). The molecule has 0 atom stereocenters. The van der Waals surface area contributed by atoms with Gasteiger partial charge in [0, 0.05) is 35.5 Å². The van der Waals surface area contributed by atoms with Crippen molar-refractivity contribution in [1.82, 2.24) is 15.0 Å². The maximum atomic E-state index is 13.6. The van der Waals surface area contributed by atoms with Gasteiger partial charge in [-0.25, -0.2) is 13.5 Å². The van der Waals surface area contributed by atoms with Crippen LogP contribution in [0.15, 0.2) is 122 Å². The van der Waals surface area contributed by atoms with Gasteiger partial charge in [-0.3, -0.25) is 9.59 Å². The fourth-order valence-corrected chi connectivity index (χ4v) is 5.68. The smallest absolute Gasteiger partial charge is 0.193 e. The van der Waals surface area contributed by atoms with Crippen LogP contribution in [0.5, 0.6) is 11.5 Å². The molecule has 0 N–H and O–H groups in total. The summed E-state index contributed by atoms with van der Waals surface area (Å²) in [4.78, 5) is 24.8. The average molecular weight is 736 g/mol. The molecule has 11 nitrogen and oxygen atoms in total. The second kappa shape index (κ2) is 17.1. The highest BCUT2D eigenvalue weighted by molar-refractivity contribution is 5.79. The predicted octanol–water partition coefficient (Wildman–Crippen LogP) is 7.23. The first-order valence-corrected chi connectivity index (χ1v) is 17.4. The number of ether oxygens (including phenoxy) is 4. The summed E-state index contributed by atoms with van der Waals surface area (Å²) in [5.41, 5.74) is 2.22. The van der Waals surface area contributed by atoms with Crippen molar-refractivity contribution in [3.63, 3.8) is 0 Å². The van der Waals surface area contributed by atoms with E-state index in [1.54, 1.807) is 53.2 Å². The molecule has 7 aromatic rings. The first kappa shape index (κ1) is 36.2. The third-order valence-electron chi connectivity index (χ3n) is 8.42. The lowest BCUT2D eigenvalue weighted by atomic mass is 10.1. The van der Waals surface area contributed by atoms with E-state index >= 15 is 0 Å². The lowest BCUT2D eigenvalue weighted by molar-refractivity contribution is 0.0333. The molecule has 0 unspecified atom stereocenters. The van der Waals surface area contributed by atoms with Crippen molar-refractivity contribution >= 4 is 21.9 Å². The van der Waals surface area contributed by atoms with E-state index in [4.69, 9.17) is 27.8 Å². The zero-order valence-electron chi connectivity index (χ0n) is 29.0. The fraction of sp³-hybridized carbons (Fsp3) is 0.220. The number of aryl methyl sites for hydroxylation is 1. The highest BCUT2D eigenvalue weighted by Gasteiger charge is 2.10. The molecule has 0 saturated carbocycles. The molecule has 0 amide bonds. The van der Waals surface area contributed by atoms with Crippen LogP contribution in [0.3, 0.4) is 0 Å². The molecular weight excluding hydrogens is 700 g/mol. The first-order chi connectivity index (χ1) is 26.4. The Morgan fingerprint density at radius 1 is 0.593 bits per heavy atom. The number of nitrogens with zero attached hydrogens (tertiary/aromatic N) is 3. The van der Waals surface area contributed by atoms with Crippen molar-refractivity contribution in [1.29, 1.82) is 0 Å². The fourth-order valence-electron chi connectivity index (χ4n) is 5.68.